The third-order valence-corrected chi connectivity index (χ3v) is 5.50. The lowest BCUT2D eigenvalue weighted by molar-refractivity contribution is 0.0697. The van der Waals surface area contributed by atoms with Crippen LogP contribution in [-0.2, 0) is 6.54 Å². The van der Waals surface area contributed by atoms with Crippen LogP contribution in [0.5, 0.6) is 0 Å². The molecule has 0 saturated heterocycles. The van der Waals surface area contributed by atoms with Crippen LogP contribution in [0.4, 0.5) is 20.3 Å². The van der Waals surface area contributed by atoms with Crippen molar-refractivity contribution in [3.63, 3.8) is 0 Å². The maximum absolute atomic E-state index is 13.5. The molecule has 2 aromatic heterocycles. The topological polar surface area (TPSA) is 67.2 Å². The predicted molar refractivity (Wildman–Crippen MR) is 114 cm³/mol. The molecule has 1 aliphatic carbocycles. The Morgan fingerprint density at radius 1 is 1.10 bits per heavy atom. The molecule has 0 amide bonds. The van der Waals surface area contributed by atoms with Crippen molar-refractivity contribution in [2.75, 3.05) is 5.32 Å². The van der Waals surface area contributed by atoms with E-state index in [1.807, 2.05) is 35.0 Å². The summed E-state index contributed by atoms with van der Waals surface area (Å²) >= 11 is 0. The molecule has 5 nitrogen and oxygen atoms in total. The van der Waals surface area contributed by atoms with Crippen LogP contribution < -0.4 is 5.32 Å². The molecule has 2 aromatic carbocycles. The van der Waals surface area contributed by atoms with E-state index >= 15 is 0 Å². The number of nitrogens with zero attached hydrogens (tertiary/aromatic N) is 2. The van der Waals surface area contributed by atoms with Crippen LogP contribution in [0, 0.1) is 11.6 Å². The Bertz CT molecular complexity index is 1290. The average molecular weight is 419 g/mol. The van der Waals surface area contributed by atoms with Crippen molar-refractivity contribution in [1.29, 1.82) is 0 Å². The summed E-state index contributed by atoms with van der Waals surface area (Å²) in [6, 6.07) is 12.7. The number of nitrogens with one attached hydrogen (secondary N) is 1. The zero-order chi connectivity index (χ0) is 21.5. The van der Waals surface area contributed by atoms with Crippen molar-refractivity contribution in [2.24, 2.45) is 0 Å². The average Bonchev–Trinajstić information content (AvgIpc) is 3.50. The molecule has 7 heteroatoms. The van der Waals surface area contributed by atoms with E-state index in [4.69, 9.17) is 0 Å². The molecule has 0 radical (unpaired) electrons. The van der Waals surface area contributed by atoms with Crippen molar-refractivity contribution in [2.45, 2.75) is 25.3 Å². The van der Waals surface area contributed by atoms with E-state index in [0.29, 0.717) is 29.5 Å². The van der Waals surface area contributed by atoms with E-state index in [1.54, 1.807) is 12.3 Å². The molecule has 1 saturated carbocycles. The minimum Gasteiger partial charge on any atom is -0.478 e. The minimum absolute atomic E-state index is 0.148. The van der Waals surface area contributed by atoms with Crippen LogP contribution in [0.1, 0.15) is 40.2 Å². The first-order valence-corrected chi connectivity index (χ1v) is 10.0. The standard InChI is InChI=1S/C24H19F2N3O2/c25-18-7-14(8-19(26)11-18)13-29-6-5-16-9-20(3-4-22(16)29)28-23-21(24(30)31)10-17(12-27-23)15-1-2-15/h3-12,15H,1-2,13H2,(H,27,28)(H,30,31). The smallest absolute Gasteiger partial charge is 0.339 e. The Hall–Kier alpha value is -3.74. The number of anilines is 2. The SMILES string of the molecule is O=C(O)c1cc(C2CC2)cnc1Nc1ccc2c(ccn2Cc2cc(F)cc(F)c2)c1. The van der Waals surface area contributed by atoms with Crippen molar-refractivity contribution in [3.05, 3.63) is 89.2 Å². The number of hydrogen-bond acceptors (Lipinski definition) is 3. The summed E-state index contributed by atoms with van der Waals surface area (Å²) in [5.41, 5.74) is 3.24. The Kier molecular flexibility index (Phi) is 4.66. The fraction of sp³-hybridized carbons (Fsp3) is 0.167. The number of aromatic carboxylic acids is 1. The van der Waals surface area contributed by atoms with Gasteiger partial charge in [-0.1, -0.05) is 0 Å². The van der Waals surface area contributed by atoms with Gasteiger partial charge in [-0.3, -0.25) is 0 Å². The lowest BCUT2D eigenvalue weighted by Crippen LogP contribution is -2.06. The summed E-state index contributed by atoms with van der Waals surface area (Å²) in [5, 5.41) is 13.6. The van der Waals surface area contributed by atoms with E-state index in [1.165, 1.54) is 12.1 Å². The number of carboxylic acids is 1. The minimum atomic E-state index is -1.02. The van der Waals surface area contributed by atoms with E-state index in [2.05, 4.69) is 10.3 Å². The van der Waals surface area contributed by atoms with Crippen molar-refractivity contribution >= 4 is 28.4 Å². The molecule has 1 fully saturated rings. The van der Waals surface area contributed by atoms with Gasteiger partial charge in [0.15, 0.2) is 0 Å². The summed E-state index contributed by atoms with van der Waals surface area (Å²) in [5.74, 6) is -1.51. The Morgan fingerprint density at radius 3 is 2.58 bits per heavy atom. The van der Waals surface area contributed by atoms with Gasteiger partial charge in [0.1, 0.15) is 23.0 Å². The summed E-state index contributed by atoms with van der Waals surface area (Å²) in [4.78, 5) is 16.1. The molecule has 0 aliphatic heterocycles. The fourth-order valence-electron chi connectivity index (χ4n) is 3.83. The number of benzene rings is 2. The Labute approximate surface area is 177 Å². The third kappa shape index (κ3) is 3.99. The highest BCUT2D eigenvalue weighted by Gasteiger charge is 2.26. The summed E-state index contributed by atoms with van der Waals surface area (Å²) in [6.45, 7) is 0.332. The molecule has 0 bridgehead atoms. The Morgan fingerprint density at radius 2 is 1.87 bits per heavy atom. The second kappa shape index (κ2) is 7.50. The highest BCUT2D eigenvalue weighted by Crippen LogP contribution is 2.40. The van der Waals surface area contributed by atoms with Crippen LogP contribution in [0.25, 0.3) is 10.9 Å². The molecular formula is C24H19F2N3O2. The molecule has 2 N–H and O–H groups in total. The molecule has 5 rings (SSSR count). The first-order valence-electron chi connectivity index (χ1n) is 10.0. The van der Waals surface area contributed by atoms with E-state index in [9.17, 15) is 18.7 Å². The molecule has 0 spiro atoms. The van der Waals surface area contributed by atoms with Crippen molar-refractivity contribution in [3.8, 4) is 0 Å². The Balaban J connectivity index is 1.42. The quantitative estimate of drug-likeness (QED) is 0.422. The number of pyridine rings is 1. The second-order valence-electron chi connectivity index (χ2n) is 7.86. The van der Waals surface area contributed by atoms with Gasteiger partial charge in [0, 0.05) is 41.6 Å². The van der Waals surface area contributed by atoms with E-state index < -0.39 is 17.6 Å². The lowest BCUT2D eigenvalue weighted by atomic mass is 10.1. The zero-order valence-electron chi connectivity index (χ0n) is 16.5. The van der Waals surface area contributed by atoms with Crippen molar-refractivity contribution in [1.82, 2.24) is 9.55 Å². The van der Waals surface area contributed by atoms with Crippen molar-refractivity contribution < 1.29 is 18.7 Å². The number of carboxylic acid groups (broad SMARTS) is 1. The predicted octanol–water partition coefficient (Wildman–Crippen LogP) is 5.68. The van der Waals surface area contributed by atoms with E-state index in [-0.39, 0.29) is 5.56 Å². The molecule has 0 atom stereocenters. The summed E-state index contributed by atoms with van der Waals surface area (Å²) < 4.78 is 28.9. The van der Waals surface area contributed by atoms with Gasteiger partial charge in [-0.25, -0.2) is 18.6 Å². The number of fused-ring (bicyclic) bond motifs is 1. The van der Waals surface area contributed by atoms with E-state index in [0.717, 1.165) is 35.4 Å². The molecule has 31 heavy (non-hydrogen) atoms. The summed E-state index contributed by atoms with van der Waals surface area (Å²) in [7, 11) is 0. The molecule has 156 valence electrons. The van der Waals surface area contributed by atoms with Gasteiger partial charge in [-0.2, -0.15) is 0 Å². The molecule has 4 aromatic rings. The van der Waals surface area contributed by atoms with Crippen LogP contribution in [0.15, 0.2) is 60.9 Å². The monoisotopic (exact) mass is 419 g/mol. The summed E-state index contributed by atoms with van der Waals surface area (Å²) in [6.07, 6.45) is 5.73. The van der Waals surface area contributed by atoms with Crippen LogP contribution in [-0.4, -0.2) is 20.6 Å². The lowest BCUT2D eigenvalue weighted by Gasteiger charge is -2.11. The number of aromatic nitrogens is 2. The normalized spacial score (nSPS) is 13.5. The first-order chi connectivity index (χ1) is 15.0. The number of rotatable bonds is 6. The van der Waals surface area contributed by atoms with Crippen LogP contribution in [0.2, 0.25) is 0 Å². The maximum Gasteiger partial charge on any atom is 0.339 e. The van der Waals surface area contributed by atoms with Crippen LogP contribution >= 0.6 is 0 Å². The molecule has 0 unspecified atom stereocenters. The maximum atomic E-state index is 13.5. The first kappa shape index (κ1) is 19.2. The van der Waals surface area contributed by atoms with Crippen LogP contribution in [0.3, 0.4) is 0 Å². The van der Waals surface area contributed by atoms with Gasteiger partial charge in [0.25, 0.3) is 0 Å². The van der Waals surface area contributed by atoms with Gasteiger partial charge in [0.2, 0.25) is 0 Å². The van der Waals surface area contributed by atoms with Gasteiger partial charge >= 0.3 is 5.97 Å². The highest BCUT2D eigenvalue weighted by molar-refractivity contribution is 5.94. The number of hydrogen-bond donors (Lipinski definition) is 2. The van der Waals surface area contributed by atoms with Gasteiger partial charge in [-0.15, -0.1) is 0 Å². The zero-order valence-corrected chi connectivity index (χ0v) is 16.5. The van der Waals surface area contributed by atoms with Gasteiger partial charge < -0.3 is 15.0 Å². The van der Waals surface area contributed by atoms with Gasteiger partial charge in [-0.05, 0) is 72.4 Å². The molecule has 1 aliphatic rings. The highest BCUT2D eigenvalue weighted by atomic mass is 19.1. The number of carbonyl (C=O) groups is 1. The molecule has 2 heterocycles. The molecular weight excluding hydrogens is 400 g/mol. The van der Waals surface area contributed by atoms with Gasteiger partial charge in [0.05, 0.1) is 0 Å². The number of halogens is 2. The third-order valence-electron chi connectivity index (χ3n) is 5.50. The largest absolute Gasteiger partial charge is 0.478 e. The fourth-order valence-corrected chi connectivity index (χ4v) is 3.83. The second-order valence-corrected chi connectivity index (χ2v) is 7.86.